The smallest absolute Gasteiger partial charge is 0.407 e. The first-order chi connectivity index (χ1) is 22.2. The number of aryl methyl sites for hydroxylation is 1. The molecule has 0 aliphatic carbocycles. The summed E-state index contributed by atoms with van der Waals surface area (Å²) in [6.45, 7) is 11.2. The molecule has 8 heteroatoms. The molecule has 2 N–H and O–H groups in total. The number of anilines is 1. The van der Waals surface area contributed by atoms with Gasteiger partial charge in [0.05, 0.1) is 17.7 Å². The molecule has 4 rings (SSSR count). The average Bonchev–Trinajstić information content (AvgIpc) is 3.38. The summed E-state index contributed by atoms with van der Waals surface area (Å²) < 4.78 is 13.4. The summed E-state index contributed by atoms with van der Waals surface area (Å²) in [4.78, 5) is 30.5. The summed E-state index contributed by atoms with van der Waals surface area (Å²) in [6.07, 6.45) is 7.65. The first-order valence-corrected chi connectivity index (χ1v) is 16.7. The van der Waals surface area contributed by atoms with Gasteiger partial charge in [0.25, 0.3) is 5.91 Å². The predicted octanol–water partition coefficient (Wildman–Crippen LogP) is 8.93. The molecule has 0 fully saturated rings. The number of benzene rings is 3. The summed E-state index contributed by atoms with van der Waals surface area (Å²) in [6, 6.07) is 23.0. The zero-order chi connectivity index (χ0) is 32.8. The molecule has 1 aromatic heterocycles. The van der Waals surface area contributed by atoms with Crippen molar-refractivity contribution in [3.8, 4) is 5.75 Å². The second-order valence-corrected chi connectivity index (χ2v) is 13.0. The minimum atomic E-state index is -0.385. The van der Waals surface area contributed by atoms with Crippen LogP contribution in [0.3, 0.4) is 0 Å². The van der Waals surface area contributed by atoms with E-state index in [0.717, 1.165) is 91.8 Å². The Kier molecular flexibility index (Phi) is 13.1. The average molecular weight is 627 g/mol. The third kappa shape index (κ3) is 10.9. The lowest BCUT2D eigenvalue weighted by molar-refractivity contribution is 0.102. The summed E-state index contributed by atoms with van der Waals surface area (Å²) >= 11 is 0. The van der Waals surface area contributed by atoms with Crippen molar-refractivity contribution in [3.05, 3.63) is 89.7 Å². The molecule has 3 aromatic carbocycles. The van der Waals surface area contributed by atoms with Crippen molar-refractivity contribution in [2.45, 2.75) is 92.2 Å². The number of imidazole rings is 1. The van der Waals surface area contributed by atoms with Crippen LogP contribution in [0.25, 0.3) is 11.0 Å². The van der Waals surface area contributed by atoms with Gasteiger partial charge in [-0.05, 0) is 66.6 Å². The summed E-state index contributed by atoms with van der Waals surface area (Å²) in [7, 11) is 0. The van der Waals surface area contributed by atoms with Crippen LogP contribution in [-0.2, 0) is 24.3 Å². The molecule has 46 heavy (non-hydrogen) atoms. The quantitative estimate of drug-likeness (QED) is 0.114. The molecule has 0 atom stereocenters. The van der Waals surface area contributed by atoms with Crippen LogP contribution in [0.2, 0.25) is 0 Å². The summed E-state index contributed by atoms with van der Waals surface area (Å²) in [5.41, 5.74) is 4.01. The molecule has 0 radical (unpaired) electrons. The number of unbranched alkanes of at least 4 members (excludes halogenated alkanes) is 5. The molecule has 0 aliphatic heterocycles. The number of hydrogen-bond acceptors (Lipinski definition) is 5. The highest BCUT2D eigenvalue weighted by molar-refractivity contribution is 6.11. The molecule has 0 unspecified atom stereocenters. The second-order valence-electron chi connectivity index (χ2n) is 13.0. The minimum Gasteiger partial charge on any atom is -0.494 e. The number of carbonyl (C=O) groups excluding carboxylic acids is 2. The van der Waals surface area contributed by atoms with Crippen LogP contribution in [0.15, 0.2) is 72.8 Å². The molecule has 0 saturated carbocycles. The van der Waals surface area contributed by atoms with Gasteiger partial charge in [0.15, 0.2) is 0 Å². The highest BCUT2D eigenvalue weighted by atomic mass is 16.5. The number of hydrogen-bond donors (Lipinski definition) is 2. The van der Waals surface area contributed by atoms with Gasteiger partial charge in [-0.1, -0.05) is 89.8 Å². The SMILES string of the molecule is CCCCCOc1ccc(NC(=O)c2cccc3c2nc(CC(C)(C)C)n3CCCCCCNC(=O)OCc2ccccc2)cc1. The number of nitrogens with one attached hydrogen (secondary N) is 2. The van der Waals surface area contributed by atoms with E-state index in [0.29, 0.717) is 18.7 Å². The van der Waals surface area contributed by atoms with Crippen LogP contribution < -0.4 is 15.4 Å². The molecule has 8 nitrogen and oxygen atoms in total. The van der Waals surface area contributed by atoms with Gasteiger partial charge in [-0.25, -0.2) is 9.78 Å². The zero-order valence-electron chi connectivity index (χ0n) is 27.9. The van der Waals surface area contributed by atoms with Crippen LogP contribution >= 0.6 is 0 Å². The van der Waals surface area contributed by atoms with Crippen molar-refractivity contribution in [1.29, 1.82) is 0 Å². The largest absolute Gasteiger partial charge is 0.494 e. The van der Waals surface area contributed by atoms with E-state index in [1.54, 1.807) is 0 Å². The van der Waals surface area contributed by atoms with Crippen molar-refractivity contribution in [2.24, 2.45) is 5.41 Å². The van der Waals surface area contributed by atoms with Crippen molar-refractivity contribution in [3.63, 3.8) is 0 Å². The lowest BCUT2D eigenvalue weighted by Gasteiger charge is -2.19. The maximum Gasteiger partial charge on any atom is 0.407 e. The third-order valence-corrected chi connectivity index (χ3v) is 7.71. The number of rotatable bonds is 17. The van der Waals surface area contributed by atoms with Crippen LogP contribution in [0, 0.1) is 5.41 Å². The number of alkyl carbamates (subject to hydrolysis) is 1. The number of para-hydroxylation sites is 1. The fourth-order valence-electron chi connectivity index (χ4n) is 5.33. The summed E-state index contributed by atoms with van der Waals surface area (Å²) in [5.74, 6) is 1.62. The van der Waals surface area contributed by atoms with Crippen LogP contribution in [-0.4, -0.2) is 34.7 Å². The Morgan fingerprint density at radius 1 is 0.848 bits per heavy atom. The molecule has 0 bridgehead atoms. The molecule has 1 heterocycles. The Morgan fingerprint density at radius 2 is 1.61 bits per heavy atom. The fraction of sp³-hybridized carbons (Fsp3) is 0.447. The highest BCUT2D eigenvalue weighted by Gasteiger charge is 2.21. The Hall–Kier alpha value is -4.33. The van der Waals surface area contributed by atoms with Gasteiger partial charge < -0.3 is 24.7 Å². The fourth-order valence-corrected chi connectivity index (χ4v) is 5.33. The van der Waals surface area contributed by atoms with Crippen LogP contribution in [0.5, 0.6) is 5.75 Å². The molecule has 4 aromatic rings. The van der Waals surface area contributed by atoms with Gasteiger partial charge >= 0.3 is 6.09 Å². The minimum absolute atomic E-state index is 0.0443. The molecule has 2 amide bonds. The van der Waals surface area contributed by atoms with Gasteiger partial charge in [0.2, 0.25) is 0 Å². The molecular weight excluding hydrogens is 576 g/mol. The molecule has 0 aliphatic rings. The van der Waals surface area contributed by atoms with Gasteiger partial charge in [-0.2, -0.15) is 0 Å². The van der Waals surface area contributed by atoms with Gasteiger partial charge in [-0.15, -0.1) is 0 Å². The Labute approximate surface area is 273 Å². The maximum atomic E-state index is 13.5. The Balaban J connectivity index is 1.31. The molecular formula is C38H50N4O4. The Bertz CT molecular complexity index is 1520. The monoisotopic (exact) mass is 626 g/mol. The second kappa shape index (κ2) is 17.4. The van der Waals surface area contributed by atoms with Gasteiger partial charge in [0.1, 0.15) is 23.7 Å². The lowest BCUT2D eigenvalue weighted by atomic mass is 9.92. The van der Waals surface area contributed by atoms with E-state index in [1.807, 2.05) is 66.7 Å². The van der Waals surface area contributed by atoms with Crippen LogP contribution in [0.1, 0.15) is 94.4 Å². The van der Waals surface area contributed by atoms with E-state index in [4.69, 9.17) is 14.5 Å². The molecule has 0 spiro atoms. The topological polar surface area (TPSA) is 94.5 Å². The van der Waals surface area contributed by atoms with E-state index in [-0.39, 0.29) is 24.0 Å². The number of fused-ring (bicyclic) bond motifs is 1. The van der Waals surface area contributed by atoms with E-state index in [2.05, 4.69) is 49.0 Å². The molecule has 0 saturated heterocycles. The Morgan fingerprint density at radius 3 is 2.35 bits per heavy atom. The predicted molar refractivity (Wildman–Crippen MR) is 185 cm³/mol. The van der Waals surface area contributed by atoms with Crippen LogP contribution in [0.4, 0.5) is 10.5 Å². The van der Waals surface area contributed by atoms with Crippen molar-refractivity contribution >= 4 is 28.7 Å². The lowest BCUT2D eigenvalue weighted by Crippen LogP contribution is -2.25. The number of aromatic nitrogens is 2. The standard InChI is InChI=1S/C38H50N4O4/c1-5-6-14-26-45-31-22-20-30(21-23-31)40-36(43)32-18-15-19-33-35(32)41-34(27-38(2,3)4)42(33)25-13-8-7-12-24-39-37(44)46-28-29-16-10-9-11-17-29/h9-11,15-23H,5-8,12-14,24-28H2,1-4H3,(H,39,44)(H,40,43). The van der Waals surface area contributed by atoms with E-state index < -0.39 is 0 Å². The van der Waals surface area contributed by atoms with Crippen molar-refractivity contribution < 1.29 is 19.1 Å². The number of amides is 2. The van der Waals surface area contributed by atoms with Crippen molar-refractivity contribution in [2.75, 3.05) is 18.5 Å². The zero-order valence-corrected chi connectivity index (χ0v) is 27.9. The van der Waals surface area contributed by atoms with Crippen molar-refractivity contribution in [1.82, 2.24) is 14.9 Å². The highest BCUT2D eigenvalue weighted by Crippen LogP contribution is 2.27. The van der Waals surface area contributed by atoms with E-state index in [9.17, 15) is 9.59 Å². The first kappa shape index (κ1) is 34.5. The van der Waals surface area contributed by atoms with E-state index in [1.165, 1.54) is 0 Å². The maximum absolute atomic E-state index is 13.5. The van der Waals surface area contributed by atoms with Gasteiger partial charge in [0, 0.05) is 25.2 Å². The number of nitrogens with zero attached hydrogens (tertiary/aromatic N) is 2. The first-order valence-electron chi connectivity index (χ1n) is 16.7. The number of carbonyl (C=O) groups is 2. The third-order valence-electron chi connectivity index (χ3n) is 7.71. The molecule has 246 valence electrons. The normalized spacial score (nSPS) is 11.4. The van der Waals surface area contributed by atoms with E-state index >= 15 is 0 Å². The number of ether oxygens (including phenoxy) is 2. The summed E-state index contributed by atoms with van der Waals surface area (Å²) in [5, 5.41) is 5.89. The van der Waals surface area contributed by atoms with Gasteiger partial charge in [-0.3, -0.25) is 4.79 Å².